The topological polar surface area (TPSA) is 74.6 Å². The Morgan fingerprint density at radius 2 is 1.12 bits per heavy atom. The number of carboxylic acid groups (broad SMARTS) is 2. The normalized spacial score (nSPS) is 5.50. The monoisotopic (exact) mass is 172 g/mol. The Labute approximate surface area is 132 Å². The molecule has 0 bridgehead atoms. The number of carbonyl (C=O) groups is 2. The zero-order valence-electron chi connectivity index (χ0n) is 2.71. The first-order valence-corrected chi connectivity index (χ1v) is 1.11. The van der Waals surface area contributed by atoms with Gasteiger partial charge in [-0.1, -0.05) is 0 Å². The van der Waals surface area contributed by atoms with Crippen LogP contribution in [0.4, 0.5) is 0 Å². The molecule has 0 fully saturated rings. The van der Waals surface area contributed by atoms with Crippen molar-refractivity contribution in [2.24, 2.45) is 0 Å². The van der Waals surface area contributed by atoms with Crippen LogP contribution in [0.15, 0.2) is 0 Å². The quantitative estimate of drug-likeness (QED) is 0.331. The van der Waals surface area contributed by atoms with Crippen molar-refractivity contribution >= 4 is 115 Å². The fourth-order valence-electron chi connectivity index (χ4n) is 0. The molecule has 8 heavy (non-hydrogen) atoms. The number of aliphatic carboxylic acids is 2. The van der Waals surface area contributed by atoms with Gasteiger partial charge in [0.25, 0.3) is 0 Å². The van der Waals surface area contributed by atoms with Crippen molar-refractivity contribution in [3.05, 3.63) is 0 Å². The second-order valence-electron chi connectivity index (χ2n) is 0.610. The third kappa shape index (κ3) is 11.1. The van der Waals surface area contributed by atoms with Crippen LogP contribution in [-0.4, -0.2) is 125 Å². The zero-order valence-corrected chi connectivity index (χ0v) is 2.71. The fourth-order valence-corrected chi connectivity index (χ4v) is 0. The molecule has 0 radical (unpaired) electrons. The second-order valence-corrected chi connectivity index (χ2v) is 0.610. The van der Waals surface area contributed by atoms with Crippen LogP contribution in [0.2, 0.25) is 0 Å². The van der Waals surface area contributed by atoms with E-state index in [0.29, 0.717) is 0 Å². The van der Waals surface area contributed by atoms with Crippen LogP contribution in [0.1, 0.15) is 1.43 Å². The van der Waals surface area contributed by atoms with E-state index in [1.807, 2.05) is 0 Å². The van der Waals surface area contributed by atoms with Crippen molar-refractivity contribution in [1.29, 1.82) is 0 Å². The van der Waals surface area contributed by atoms with Gasteiger partial charge in [0.2, 0.25) is 0 Å². The molecule has 0 saturated heterocycles. The Kier molecular flexibility index (Phi) is 19.2. The summed E-state index contributed by atoms with van der Waals surface area (Å²) in [5.74, 6) is -3.65. The zero-order chi connectivity index (χ0) is 5.15. The van der Waals surface area contributed by atoms with Crippen molar-refractivity contribution in [3.8, 4) is 0 Å². The Morgan fingerprint density at radius 1 is 1.00 bits per heavy atom. The van der Waals surface area contributed by atoms with Gasteiger partial charge >= 0.3 is 115 Å². The van der Waals surface area contributed by atoms with E-state index < -0.39 is 11.9 Å². The third-order valence-electron chi connectivity index (χ3n) is 0.183. The summed E-state index contributed by atoms with van der Waals surface area (Å²) >= 11 is 0. The van der Waals surface area contributed by atoms with Gasteiger partial charge in [-0.15, -0.1) is 0 Å². The molecule has 2 N–H and O–H groups in total. The molecule has 40 valence electrons. The van der Waals surface area contributed by atoms with Gasteiger partial charge in [-0.25, -0.2) is 9.59 Å². The molecule has 0 heterocycles. The molecule has 0 amide bonds. The summed E-state index contributed by atoms with van der Waals surface area (Å²) in [6.07, 6.45) is 0. The van der Waals surface area contributed by atoms with E-state index in [9.17, 15) is 0 Å². The molecule has 0 saturated carbocycles. The van der Waals surface area contributed by atoms with Crippen molar-refractivity contribution in [1.82, 2.24) is 0 Å². The minimum absolute atomic E-state index is 0. The van der Waals surface area contributed by atoms with Crippen LogP contribution < -0.4 is 0 Å². The van der Waals surface area contributed by atoms with Gasteiger partial charge in [0.05, 0.1) is 0 Å². The molecule has 0 unspecified atom stereocenters. The van der Waals surface area contributed by atoms with Crippen molar-refractivity contribution in [2.45, 2.75) is 0 Å². The molecular weight excluding hydrogens is 166 g/mol. The van der Waals surface area contributed by atoms with Gasteiger partial charge in [-0.2, -0.15) is 0 Å². The van der Waals surface area contributed by atoms with Crippen LogP contribution in [0.3, 0.4) is 0 Å². The molecule has 0 aliphatic carbocycles. The van der Waals surface area contributed by atoms with Gasteiger partial charge in [-0.3, -0.25) is 0 Å². The van der Waals surface area contributed by atoms with Crippen LogP contribution in [-0.2, 0) is 9.59 Å². The average molecular weight is 172 g/mol. The summed E-state index contributed by atoms with van der Waals surface area (Å²) in [6, 6.07) is 0. The predicted molar refractivity (Wildman–Crippen MR) is 31.7 cm³/mol. The molecule has 0 aliphatic rings. The molecule has 0 atom stereocenters. The summed E-state index contributed by atoms with van der Waals surface area (Å²) in [5.41, 5.74) is 0. The number of rotatable bonds is 0. The van der Waals surface area contributed by atoms with Gasteiger partial charge in [-0.05, 0) is 0 Å². The summed E-state index contributed by atoms with van der Waals surface area (Å²) in [4.78, 5) is 18.2. The van der Waals surface area contributed by atoms with E-state index in [1.165, 1.54) is 0 Å². The third-order valence-corrected chi connectivity index (χ3v) is 0.183. The van der Waals surface area contributed by atoms with E-state index in [0.717, 1.165) is 0 Å². The minimum atomic E-state index is -1.82. The first-order valence-electron chi connectivity index (χ1n) is 1.11. The molecule has 0 aromatic heterocycles. The first-order chi connectivity index (χ1) is 2.64. The molecule has 0 aliphatic heterocycles. The van der Waals surface area contributed by atoms with E-state index in [2.05, 4.69) is 0 Å². The number of hydrogen-bond acceptors (Lipinski definition) is 2. The summed E-state index contributed by atoms with van der Waals surface area (Å²) < 4.78 is 0. The van der Waals surface area contributed by atoms with Gasteiger partial charge in [0, 0.05) is 1.43 Å². The van der Waals surface area contributed by atoms with Crippen molar-refractivity contribution in [2.75, 3.05) is 0 Å². The number of hydrogen-bond donors (Lipinski definition) is 2. The SMILES string of the molecule is O=C(O)C(=O)O.[HH].[KH].[KH]. The number of carboxylic acids is 2. The van der Waals surface area contributed by atoms with Gasteiger partial charge in [0.1, 0.15) is 0 Å². The maximum atomic E-state index is 9.10. The predicted octanol–water partition coefficient (Wildman–Crippen LogP) is -1.90. The Balaban J connectivity index is -0.0000000417. The maximum absolute atomic E-state index is 9.10. The van der Waals surface area contributed by atoms with Crippen molar-refractivity contribution in [3.63, 3.8) is 0 Å². The molecule has 0 aromatic rings. The molecule has 0 rings (SSSR count). The van der Waals surface area contributed by atoms with Gasteiger partial charge < -0.3 is 10.2 Å². The average Bonchev–Trinajstić information content (AvgIpc) is 1.36. The summed E-state index contributed by atoms with van der Waals surface area (Å²) in [5, 5.41) is 14.8. The Hall–Kier alpha value is 2.21. The molecule has 0 spiro atoms. The summed E-state index contributed by atoms with van der Waals surface area (Å²) in [6.45, 7) is 0. The Morgan fingerprint density at radius 3 is 1.12 bits per heavy atom. The van der Waals surface area contributed by atoms with Crippen LogP contribution >= 0.6 is 0 Å². The van der Waals surface area contributed by atoms with E-state index in [4.69, 9.17) is 19.8 Å². The van der Waals surface area contributed by atoms with Crippen LogP contribution in [0.25, 0.3) is 0 Å². The molecule has 6 heteroatoms. The fraction of sp³-hybridized carbons (Fsp3) is 0. The van der Waals surface area contributed by atoms with E-state index in [-0.39, 0.29) is 104 Å². The molecule has 4 nitrogen and oxygen atoms in total. The van der Waals surface area contributed by atoms with E-state index in [1.54, 1.807) is 0 Å². The standard InChI is InChI=1S/C2H2O4.2K.H2.2H/c3-1(4)2(5)6;;;;;/h(H,3,4)(H,5,6);;;1H;;. The first kappa shape index (κ1) is 16.7. The second kappa shape index (κ2) is 9.21. The van der Waals surface area contributed by atoms with Crippen molar-refractivity contribution < 1.29 is 21.2 Å². The molecule has 0 aromatic carbocycles. The summed E-state index contributed by atoms with van der Waals surface area (Å²) in [7, 11) is 0. The Bertz CT molecular complexity index is 82.6. The molecular formula is C2H6K2O4. The van der Waals surface area contributed by atoms with Crippen LogP contribution in [0.5, 0.6) is 0 Å². The van der Waals surface area contributed by atoms with Gasteiger partial charge in [0.15, 0.2) is 0 Å². The van der Waals surface area contributed by atoms with E-state index >= 15 is 0 Å². The van der Waals surface area contributed by atoms with Crippen LogP contribution in [0, 0.1) is 0 Å².